The van der Waals surface area contributed by atoms with Crippen molar-refractivity contribution in [1.29, 1.82) is 0 Å². The van der Waals surface area contributed by atoms with E-state index >= 15 is 0 Å². The van der Waals surface area contributed by atoms with Crippen molar-refractivity contribution in [1.82, 2.24) is 5.32 Å². The third-order valence-corrected chi connectivity index (χ3v) is 7.92. The molecule has 0 unspecified atom stereocenters. The van der Waals surface area contributed by atoms with E-state index in [9.17, 15) is 13.2 Å². The molecule has 2 atom stereocenters. The van der Waals surface area contributed by atoms with E-state index in [0.29, 0.717) is 17.3 Å². The summed E-state index contributed by atoms with van der Waals surface area (Å²) in [4.78, 5) is 17.0. The maximum atomic E-state index is 12.5. The molecule has 1 fully saturated rings. The normalized spacial score (nSPS) is 21.9. The smallest absolute Gasteiger partial charge is 0.251 e. The minimum Gasteiger partial charge on any atom is -0.497 e. The molecular formula is C20H21N3O4S2. The van der Waals surface area contributed by atoms with Gasteiger partial charge in [-0.2, -0.15) is 0 Å². The Morgan fingerprint density at radius 2 is 2.03 bits per heavy atom. The van der Waals surface area contributed by atoms with Gasteiger partial charge in [0, 0.05) is 23.0 Å². The average molecular weight is 432 g/mol. The predicted octanol–water partition coefficient (Wildman–Crippen LogP) is 2.31. The van der Waals surface area contributed by atoms with Gasteiger partial charge in [-0.1, -0.05) is 30.0 Å². The molecule has 7 nitrogen and oxygen atoms in total. The number of thioether (sulfide) groups is 1. The molecule has 2 aliphatic heterocycles. The average Bonchev–Trinajstić information content (AvgIpc) is 3.18. The Labute approximate surface area is 173 Å². The maximum Gasteiger partial charge on any atom is 0.251 e. The van der Waals surface area contributed by atoms with Crippen LogP contribution in [0.2, 0.25) is 0 Å². The number of carbonyl (C=O) groups is 1. The zero-order chi connectivity index (χ0) is 20.4. The lowest BCUT2D eigenvalue weighted by atomic mass is 10.1. The van der Waals surface area contributed by atoms with E-state index in [4.69, 9.17) is 4.74 Å². The number of carbonyl (C=O) groups excluding carboxylic acids is 1. The van der Waals surface area contributed by atoms with E-state index in [-0.39, 0.29) is 28.7 Å². The van der Waals surface area contributed by atoms with Crippen LogP contribution in [0.25, 0.3) is 0 Å². The third kappa shape index (κ3) is 4.73. The first-order valence-electron chi connectivity index (χ1n) is 9.15. The van der Waals surface area contributed by atoms with E-state index in [0.717, 1.165) is 17.0 Å². The van der Waals surface area contributed by atoms with Crippen molar-refractivity contribution < 1.29 is 17.9 Å². The molecule has 0 aliphatic carbocycles. The van der Waals surface area contributed by atoms with Crippen molar-refractivity contribution in [3.05, 3.63) is 59.7 Å². The van der Waals surface area contributed by atoms with Gasteiger partial charge in [-0.15, -0.1) is 0 Å². The summed E-state index contributed by atoms with van der Waals surface area (Å²) in [5, 5.41) is 6.79. The third-order valence-electron chi connectivity index (χ3n) is 4.78. The second kappa shape index (κ2) is 8.08. The van der Waals surface area contributed by atoms with Crippen LogP contribution in [0.15, 0.2) is 53.5 Å². The largest absolute Gasteiger partial charge is 0.497 e. The molecule has 2 aliphatic rings. The van der Waals surface area contributed by atoms with Gasteiger partial charge >= 0.3 is 0 Å². The Balaban J connectivity index is 1.38. The summed E-state index contributed by atoms with van der Waals surface area (Å²) in [6.07, 6.45) is 0. The van der Waals surface area contributed by atoms with Crippen LogP contribution in [0, 0.1) is 0 Å². The maximum absolute atomic E-state index is 12.5. The van der Waals surface area contributed by atoms with Gasteiger partial charge in [0.2, 0.25) is 0 Å². The summed E-state index contributed by atoms with van der Waals surface area (Å²) in [5.74, 6) is 0.850. The fraction of sp³-hybridized carbons (Fsp3) is 0.300. The standard InChI is InChI=1S/C20H21N3O4S2/c1-27-16-7-2-4-13(8-16)10-21-19(24)14-5-3-6-15(9-14)22-20-23-17-11-29(25,26)12-18(17)28-20/h2-9,17-18H,10-12H2,1H3,(H,21,24)(H,22,23)/t17-,18+/m1/s1. The second-order valence-electron chi connectivity index (χ2n) is 6.97. The number of amides is 1. The number of fused-ring (bicyclic) bond motifs is 1. The zero-order valence-electron chi connectivity index (χ0n) is 15.8. The zero-order valence-corrected chi connectivity index (χ0v) is 17.4. The van der Waals surface area contributed by atoms with Crippen LogP contribution in [-0.2, 0) is 16.4 Å². The number of methoxy groups -OCH3 is 1. The van der Waals surface area contributed by atoms with Gasteiger partial charge < -0.3 is 15.4 Å². The summed E-state index contributed by atoms with van der Waals surface area (Å²) in [7, 11) is -1.36. The number of amidine groups is 1. The van der Waals surface area contributed by atoms with Gasteiger partial charge in [-0.3, -0.25) is 9.79 Å². The number of nitrogens with zero attached hydrogens (tertiary/aromatic N) is 1. The van der Waals surface area contributed by atoms with E-state index in [1.807, 2.05) is 30.3 Å². The van der Waals surface area contributed by atoms with Gasteiger partial charge in [0.25, 0.3) is 5.91 Å². The number of hydrogen-bond donors (Lipinski definition) is 2. The highest BCUT2D eigenvalue weighted by molar-refractivity contribution is 8.15. The van der Waals surface area contributed by atoms with E-state index in [2.05, 4.69) is 15.6 Å². The number of sulfone groups is 1. The summed E-state index contributed by atoms with van der Waals surface area (Å²) in [6, 6.07) is 14.5. The Morgan fingerprint density at radius 1 is 1.21 bits per heavy atom. The van der Waals surface area contributed by atoms with Crippen molar-refractivity contribution in [2.45, 2.75) is 17.8 Å². The Hall–Kier alpha value is -2.52. The Morgan fingerprint density at radius 3 is 2.83 bits per heavy atom. The molecule has 1 amide bonds. The van der Waals surface area contributed by atoms with E-state index in [1.54, 1.807) is 25.3 Å². The number of benzene rings is 2. The molecule has 0 spiro atoms. The lowest BCUT2D eigenvalue weighted by molar-refractivity contribution is 0.0951. The van der Waals surface area contributed by atoms with E-state index in [1.165, 1.54) is 11.8 Å². The predicted molar refractivity (Wildman–Crippen MR) is 115 cm³/mol. The molecule has 29 heavy (non-hydrogen) atoms. The van der Waals surface area contributed by atoms with Crippen molar-refractivity contribution in [2.75, 3.05) is 23.9 Å². The van der Waals surface area contributed by atoms with Crippen LogP contribution in [0.4, 0.5) is 5.69 Å². The quantitative estimate of drug-likeness (QED) is 0.754. The minimum absolute atomic E-state index is 0.0168. The molecule has 1 saturated heterocycles. The van der Waals surface area contributed by atoms with Crippen LogP contribution in [0.1, 0.15) is 15.9 Å². The molecular weight excluding hydrogens is 410 g/mol. The van der Waals surface area contributed by atoms with Gasteiger partial charge in [-0.05, 0) is 35.9 Å². The Bertz CT molecular complexity index is 1070. The molecule has 0 aromatic heterocycles. The van der Waals surface area contributed by atoms with Gasteiger partial charge in [-0.25, -0.2) is 8.42 Å². The molecule has 152 valence electrons. The molecule has 4 rings (SSSR count). The molecule has 9 heteroatoms. The number of hydrogen-bond acceptors (Lipinski definition) is 7. The van der Waals surface area contributed by atoms with Gasteiger partial charge in [0.15, 0.2) is 15.0 Å². The second-order valence-corrected chi connectivity index (χ2v) is 10.4. The molecule has 2 aromatic carbocycles. The topological polar surface area (TPSA) is 96.9 Å². The molecule has 2 aromatic rings. The van der Waals surface area contributed by atoms with Crippen molar-refractivity contribution >= 4 is 38.4 Å². The van der Waals surface area contributed by atoms with Crippen molar-refractivity contribution in [3.8, 4) is 5.75 Å². The van der Waals surface area contributed by atoms with Gasteiger partial charge in [0.05, 0.1) is 24.7 Å². The number of ether oxygens (including phenoxy) is 1. The van der Waals surface area contributed by atoms with Crippen LogP contribution in [-0.4, -0.2) is 49.4 Å². The number of anilines is 1. The molecule has 0 saturated carbocycles. The summed E-state index contributed by atoms with van der Waals surface area (Å²) < 4.78 is 28.5. The first kappa shape index (κ1) is 19.8. The van der Waals surface area contributed by atoms with Crippen molar-refractivity contribution in [3.63, 3.8) is 0 Å². The van der Waals surface area contributed by atoms with E-state index < -0.39 is 9.84 Å². The first-order valence-corrected chi connectivity index (χ1v) is 11.8. The fourth-order valence-corrected chi connectivity index (χ4v) is 7.02. The molecule has 0 radical (unpaired) electrons. The monoisotopic (exact) mass is 431 g/mol. The van der Waals surface area contributed by atoms with Crippen LogP contribution in [0.5, 0.6) is 5.75 Å². The van der Waals surface area contributed by atoms with Crippen LogP contribution >= 0.6 is 11.8 Å². The highest BCUT2D eigenvalue weighted by atomic mass is 32.2. The minimum atomic E-state index is -2.97. The molecule has 0 bridgehead atoms. The van der Waals surface area contributed by atoms with Crippen LogP contribution < -0.4 is 15.4 Å². The van der Waals surface area contributed by atoms with Gasteiger partial charge in [0.1, 0.15) is 5.75 Å². The number of aliphatic imine (C=N–C) groups is 1. The fourth-order valence-electron chi connectivity index (χ4n) is 3.34. The highest BCUT2D eigenvalue weighted by Gasteiger charge is 2.42. The summed E-state index contributed by atoms with van der Waals surface area (Å²) in [6.45, 7) is 0.397. The summed E-state index contributed by atoms with van der Waals surface area (Å²) in [5.41, 5.74) is 2.22. The Kier molecular flexibility index (Phi) is 5.51. The lowest BCUT2D eigenvalue weighted by Crippen LogP contribution is -2.23. The highest BCUT2D eigenvalue weighted by Crippen LogP contribution is 2.34. The van der Waals surface area contributed by atoms with Crippen LogP contribution in [0.3, 0.4) is 0 Å². The summed E-state index contributed by atoms with van der Waals surface area (Å²) >= 11 is 1.45. The lowest BCUT2D eigenvalue weighted by Gasteiger charge is -2.10. The molecule has 2 N–H and O–H groups in total. The first-order chi connectivity index (χ1) is 13.9. The molecule has 2 heterocycles. The van der Waals surface area contributed by atoms with Crippen molar-refractivity contribution in [2.24, 2.45) is 4.99 Å². The number of rotatable bonds is 5. The number of nitrogens with one attached hydrogen (secondary N) is 2. The SMILES string of the molecule is COc1cccc(CNC(=O)c2cccc(NC3=N[C@@H]4CS(=O)(=O)C[C@@H]4S3)c2)c1.